The molecular formula is C23H16F2N4O4. The molecule has 1 aromatic carbocycles. The number of anilines is 1. The number of amides is 1. The van der Waals surface area contributed by atoms with Gasteiger partial charge in [0.25, 0.3) is 0 Å². The van der Waals surface area contributed by atoms with Crippen LogP contribution in [0.5, 0.6) is 11.5 Å². The molecule has 0 radical (unpaired) electrons. The summed E-state index contributed by atoms with van der Waals surface area (Å²) in [6.45, 7) is 1.72. The quantitative estimate of drug-likeness (QED) is 0.627. The molecular weight excluding hydrogens is 434 g/mol. The summed E-state index contributed by atoms with van der Waals surface area (Å²) >= 11 is 0. The lowest BCUT2D eigenvalue weighted by atomic mass is 9.94. The largest absolute Gasteiger partial charge is 0.586 e. The summed E-state index contributed by atoms with van der Waals surface area (Å²) in [7, 11) is 0. The number of aryl methyl sites for hydroxylation is 1. The van der Waals surface area contributed by atoms with Crippen LogP contribution in [-0.2, 0) is 10.2 Å². The molecule has 0 saturated heterocycles. The summed E-state index contributed by atoms with van der Waals surface area (Å²) in [5, 5.41) is 12.4. The number of rotatable bonds is 4. The Labute approximate surface area is 185 Å². The van der Waals surface area contributed by atoms with Crippen molar-refractivity contribution in [1.82, 2.24) is 9.97 Å². The first kappa shape index (κ1) is 20.6. The van der Waals surface area contributed by atoms with E-state index in [4.69, 9.17) is 0 Å². The molecule has 3 heterocycles. The van der Waals surface area contributed by atoms with Crippen LogP contribution < -0.4 is 20.3 Å². The minimum absolute atomic E-state index is 0.0881. The minimum Gasteiger partial charge on any atom is -0.395 e. The first-order chi connectivity index (χ1) is 15.7. The highest BCUT2D eigenvalue weighted by Gasteiger charge is 2.53. The van der Waals surface area contributed by atoms with Crippen molar-refractivity contribution in [2.45, 2.75) is 31.5 Å². The van der Waals surface area contributed by atoms with E-state index in [-0.39, 0.29) is 28.8 Å². The average molecular weight is 450 g/mol. The number of nitrogens with one attached hydrogen (secondary N) is 2. The number of benzene rings is 1. The van der Waals surface area contributed by atoms with Crippen molar-refractivity contribution in [1.29, 1.82) is 5.26 Å². The van der Waals surface area contributed by atoms with Crippen LogP contribution in [0.2, 0.25) is 0 Å². The molecule has 10 heteroatoms. The van der Waals surface area contributed by atoms with Crippen LogP contribution in [-0.4, -0.2) is 22.2 Å². The summed E-state index contributed by atoms with van der Waals surface area (Å²) in [6.07, 6.45) is -1.24. The first-order valence-corrected chi connectivity index (χ1v) is 10.0. The first-order valence-electron chi connectivity index (χ1n) is 10.0. The molecule has 166 valence electrons. The summed E-state index contributed by atoms with van der Waals surface area (Å²) in [4.78, 5) is 31.6. The lowest BCUT2D eigenvalue weighted by Crippen LogP contribution is -2.28. The van der Waals surface area contributed by atoms with Crippen molar-refractivity contribution in [2.75, 3.05) is 5.32 Å². The molecule has 2 N–H and O–H groups in total. The third-order valence-electron chi connectivity index (χ3n) is 5.77. The molecule has 0 bridgehead atoms. The number of halogens is 2. The molecule has 5 rings (SSSR count). The number of alkyl halides is 2. The SMILES string of the molecule is Cc1cc(NC(=O)C2(c3ccc4c(c3)OC(F)(F)O4)CC2)nc(-c2ccc(=O)[nH]c2)c1C#N. The number of aromatic nitrogens is 2. The van der Waals surface area contributed by atoms with Crippen LogP contribution in [0.3, 0.4) is 0 Å². The Bertz CT molecular complexity index is 1390. The van der Waals surface area contributed by atoms with E-state index in [1.807, 2.05) is 0 Å². The van der Waals surface area contributed by atoms with E-state index in [1.165, 1.54) is 30.5 Å². The lowest BCUT2D eigenvalue weighted by Gasteiger charge is -2.17. The Morgan fingerprint density at radius 1 is 1.18 bits per heavy atom. The van der Waals surface area contributed by atoms with Gasteiger partial charge in [0.15, 0.2) is 11.5 Å². The molecule has 2 aromatic heterocycles. The minimum atomic E-state index is -3.73. The van der Waals surface area contributed by atoms with E-state index in [0.29, 0.717) is 40.8 Å². The molecule has 0 unspecified atom stereocenters. The zero-order valence-electron chi connectivity index (χ0n) is 17.2. The summed E-state index contributed by atoms with van der Waals surface area (Å²) in [5.41, 5.74) is 1.08. The van der Waals surface area contributed by atoms with Crippen LogP contribution >= 0.6 is 0 Å². The number of hydrogen-bond acceptors (Lipinski definition) is 6. The number of pyridine rings is 2. The van der Waals surface area contributed by atoms with Gasteiger partial charge >= 0.3 is 6.29 Å². The van der Waals surface area contributed by atoms with Gasteiger partial charge in [0.05, 0.1) is 16.7 Å². The van der Waals surface area contributed by atoms with E-state index < -0.39 is 11.7 Å². The van der Waals surface area contributed by atoms with Crippen molar-refractivity contribution in [3.05, 3.63) is 69.6 Å². The zero-order valence-corrected chi connectivity index (χ0v) is 17.2. The Kier molecular flexibility index (Phi) is 4.46. The van der Waals surface area contributed by atoms with Crippen molar-refractivity contribution >= 4 is 11.7 Å². The smallest absolute Gasteiger partial charge is 0.395 e. The summed E-state index contributed by atoms with van der Waals surface area (Å²) < 4.78 is 35.6. The number of H-pyrrole nitrogens is 1. The molecule has 1 aliphatic heterocycles. The normalized spacial score (nSPS) is 16.7. The second-order valence-corrected chi connectivity index (χ2v) is 7.97. The molecule has 3 aromatic rings. The van der Waals surface area contributed by atoms with Crippen LogP contribution in [0.1, 0.15) is 29.5 Å². The van der Waals surface area contributed by atoms with Gasteiger partial charge in [-0.3, -0.25) is 9.59 Å². The highest BCUT2D eigenvalue weighted by molar-refractivity contribution is 6.01. The third-order valence-corrected chi connectivity index (χ3v) is 5.77. The van der Waals surface area contributed by atoms with E-state index in [9.17, 15) is 23.6 Å². The highest BCUT2D eigenvalue weighted by atomic mass is 19.3. The highest BCUT2D eigenvalue weighted by Crippen LogP contribution is 2.52. The molecule has 2 aliphatic rings. The van der Waals surface area contributed by atoms with Crippen LogP contribution in [0.25, 0.3) is 11.3 Å². The van der Waals surface area contributed by atoms with Gasteiger partial charge in [0, 0.05) is 17.8 Å². The van der Waals surface area contributed by atoms with Crippen LogP contribution in [0, 0.1) is 18.3 Å². The lowest BCUT2D eigenvalue weighted by molar-refractivity contribution is -0.286. The van der Waals surface area contributed by atoms with E-state index in [2.05, 4.69) is 30.8 Å². The Morgan fingerprint density at radius 3 is 2.61 bits per heavy atom. The van der Waals surface area contributed by atoms with Gasteiger partial charge in [0.2, 0.25) is 11.5 Å². The van der Waals surface area contributed by atoms with Crippen molar-refractivity contribution in [3.8, 4) is 28.8 Å². The van der Waals surface area contributed by atoms with Crippen molar-refractivity contribution in [3.63, 3.8) is 0 Å². The topological polar surface area (TPSA) is 117 Å². The molecule has 0 spiro atoms. The predicted octanol–water partition coefficient (Wildman–Crippen LogP) is 3.61. The van der Waals surface area contributed by atoms with Crippen molar-refractivity contribution in [2.24, 2.45) is 0 Å². The number of nitrogens with zero attached hydrogens (tertiary/aromatic N) is 2. The standard InChI is InChI=1S/C23H16F2N4O4/c1-12-8-18(28-20(15(12)10-26)13-2-5-19(30)27-11-13)29-21(31)22(6-7-22)14-3-4-16-17(9-14)33-23(24,25)32-16/h2-5,8-9,11H,6-7H2,1H3,(H,27,30)(H,28,29,31). The number of ether oxygens (including phenoxy) is 2. The second kappa shape index (κ2) is 7.13. The van der Waals surface area contributed by atoms with Gasteiger partial charge in [-0.2, -0.15) is 5.26 Å². The second-order valence-electron chi connectivity index (χ2n) is 7.97. The van der Waals surface area contributed by atoms with E-state index >= 15 is 0 Å². The number of hydrogen-bond donors (Lipinski definition) is 2. The monoisotopic (exact) mass is 450 g/mol. The van der Waals surface area contributed by atoms with Gasteiger partial charge in [-0.1, -0.05) is 6.07 Å². The van der Waals surface area contributed by atoms with Gasteiger partial charge < -0.3 is 19.8 Å². The number of nitriles is 1. The molecule has 0 atom stereocenters. The van der Waals surface area contributed by atoms with Crippen molar-refractivity contribution < 1.29 is 23.0 Å². The maximum absolute atomic E-state index is 13.4. The molecule has 8 nitrogen and oxygen atoms in total. The summed E-state index contributed by atoms with van der Waals surface area (Å²) in [5.74, 6) is -0.326. The van der Waals surface area contributed by atoms with E-state index in [0.717, 1.165) is 0 Å². The third kappa shape index (κ3) is 3.57. The Hall–Kier alpha value is -4.26. The molecule has 1 fully saturated rings. The molecule has 33 heavy (non-hydrogen) atoms. The number of carbonyl (C=O) groups excluding carboxylic acids is 1. The maximum atomic E-state index is 13.4. The van der Waals surface area contributed by atoms with Gasteiger partial charge in [-0.15, -0.1) is 8.78 Å². The van der Waals surface area contributed by atoms with Crippen LogP contribution in [0.15, 0.2) is 47.4 Å². The van der Waals surface area contributed by atoms with Gasteiger partial charge in [-0.25, -0.2) is 4.98 Å². The Morgan fingerprint density at radius 2 is 1.94 bits per heavy atom. The number of carbonyl (C=O) groups is 1. The fourth-order valence-corrected chi connectivity index (χ4v) is 3.90. The predicted molar refractivity (Wildman–Crippen MR) is 112 cm³/mol. The number of aromatic amines is 1. The fourth-order valence-electron chi connectivity index (χ4n) is 3.90. The summed E-state index contributed by atoms with van der Waals surface area (Å²) in [6, 6.07) is 10.9. The maximum Gasteiger partial charge on any atom is 0.586 e. The Balaban J connectivity index is 1.45. The molecule has 1 amide bonds. The molecule has 1 saturated carbocycles. The molecule has 1 aliphatic carbocycles. The van der Waals surface area contributed by atoms with E-state index in [1.54, 1.807) is 19.1 Å². The van der Waals surface area contributed by atoms with Crippen LogP contribution in [0.4, 0.5) is 14.6 Å². The zero-order chi connectivity index (χ0) is 23.4. The van der Waals surface area contributed by atoms with Gasteiger partial charge in [-0.05, 0) is 55.2 Å². The van der Waals surface area contributed by atoms with Gasteiger partial charge in [0.1, 0.15) is 11.9 Å². The average Bonchev–Trinajstić information content (AvgIpc) is 3.51. The number of fused-ring (bicyclic) bond motifs is 1. The fraction of sp³-hybridized carbons (Fsp3) is 0.217.